The van der Waals surface area contributed by atoms with Gasteiger partial charge in [0.05, 0.1) is 31.4 Å². The molecule has 0 aromatic heterocycles. The highest BCUT2D eigenvalue weighted by Gasteiger charge is 2.31. The number of nitrogens with one attached hydrogen (secondary N) is 1. The van der Waals surface area contributed by atoms with E-state index >= 15 is 0 Å². The molecule has 5 nitrogen and oxygen atoms in total. The molecule has 8 heteroatoms. The number of rotatable bonds is 6. The van der Waals surface area contributed by atoms with Crippen LogP contribution in [-0.4, -0.2) is 68.2 Å². The molecule has 1 aromatic rings. The molecule has 3 rings (SSSR count). The summed E-state index contributed by atoms with van der Waals surface area (Å²) < 4.78 is 44.1. The molecule has 1 aromatic carbocycles. The number of morpholine rings is 1. The van der Waals surface area contributed by atoms with Crippen LogP contribution >= 0.6 is 0 Å². The molecule has 0 spiro atoms. The summed E-state index contributed by atoms with van der Waals surface area (Å²) in [6, 6.07) is 5.03. The van der Waals surface area contributed by atoms with Crippen LogP contribution in [0, 0.1) is 18.3 Å². The first kappa shape index (κ1) is 22.6. The zero-order valence-corrected chi connectivity index (χ0v) is 17.0. The Morgan fingerprint density at radius 3 is 2.37 bits per heavy atom. The second kappa shape index (κ2) is 10.3. The molecule has 2 fully saturated rings. The number of nitrogens with zero attached hydrogens (tertiary/aromatic N) is 2. The number of terminal acetylenes is 1. The molecule has 0 bridgehead atoms. The molecule has 2 aliphatic rings. The number of likely N-dealkylation sites (tertiary alicyclic amines) is 1. The van der Waals surface area contributed by atoms with Crippen molar-refractivity contribution in [2.45, 2.75) is 25.1 Å². The number of amides is 1. The lowest BCUT2D eigenvalue weighted by molar-refractivity contribution is -0.137. The zero-order valence-electron chi connectivity index (χ0n) is 17.0. The van der Waals surface area contributed by atoms with Crippen molar-refractivity contribution in [3.63, 3.8) is 0 Å². The first-order valence-corrected chi connectivity index (χ1v) is 10.3. The third-order valence-corrected chi connectivity index (χ3v) is 5.85. The van der Waals surface area contributed by atoms with Gasteiger partial charge in [-0.05, 0) is 43.6 Å². The van der Waals surface area contributed by atoms with Gasteiger partial charge in [0.1, 0.15) is 0 Å². The second-order valence-corrected chi connectivity index (χ2v) is 7.78. The van der Waals surface area contributed by atoms with Crippen molar-refractivity contribution in [3.05, 3.63) is 35.4 Å². The normalized spacial score (nSPS) is 20.5. The summed E-state index contributed by atoms with van der Waals surface area (Å²) >= 11 is 0. The molecule has 30 heavy (non-hydrogen) atoms. The van der Waals surface area contributed by atoms with Gasteiger partial charge in [-0.2, -0.15) is 13.2 Å². The first-order valence-electron chi connectivity index (χ1n) is 10.3. The van der Waals surface area contributed by atoms with Crippen LogP contribution in [0.2, 0.25) is 0 Å². The lowest BCUT2D eigenvalue weighted by atomic mass is 9.95. The SMILES string of the molecule is C#CCN1CCC(C(=O)NCC(c2ccc(C(F)(F)F)cc2)N2CCOCC2)CC1. The van der Waals surface area contributed by atoms with E-state index in [-0.39, 0.29) is 17.9 Å². The Labute approximate surface area is 175 Å². The molecular formula is C22H28F3N3O2. The molecule has 2 saturated heterocycles. The number of hydrogen-bond acceptors (Lipinski definition) is 4. The van der Waals surface area contributed by atoms with E-state index in [4.69, 9.17) is 11.2 Å². The summed E-state index contributed by atoms with van der Waals surface area (Å²) in [5.74, 6) is 2.57. The van der Waals surface area contributed by atoms with Crippen LogP contribution in [0.3, 0.4) is 0 Å². The topological polar surface area (TPSA) is 44.8 Å². The molecule has 1 amide bonds. The maximum absolute atomic E-state index is 12.9. The molecule has 0 radical (unpaired) electrons. The van der Waals surface area contributed by atoms with Crippen molar-refractivity contribution in [1.82, 2.24) is 15.1 Å². The lowest BCUT2D eigenvalue weighted by Gasteiger charge is -2.35. The number of benzene rings is 1. The van der Waals surface area contributed by atoms with Gasteiger partial charge in [-0.25, -0.2) is 0 Å². The minimum Gasteiger partial charge on any atom is -0.379 e. The van der Waals surface area contributed by atoms with Gasteiger partial charge >= 0.3 is 6.18 Å². The monoisotopic (exact) mass is 423 g/mol. The lowest BCUT2D eigenvalue weighted by Crippen LogP contribution is -2.46. The number of carbonyl (C=O) groups is 1. The Morgan fingerprint density at radius 1 is 1.17 bits per heavy atom. The molecular weight excluding hydrogens is 395 g/mol. The number of halogens is 3. The molecule has 1 unspecified atom stereocenters. The fourth-order valence-electron chi connectivity index (χ4n) is 4.07. The average molecular weight is 423 g/mol. The largest absolute Gasteiger partial charge is 0.416 e. The average Bonchev–Trinajstić information content (AvgIpc) is 2.75. The highest BCUT2D eigenvalue weighted by Crippen LogP contribution is 2.31. The van der Waals surface area contributed by atoms with Gasteiger partial charge in [0.25, 0.3) is 0 Å². The molecule has 0 aliphatic carbocycles. The van der Waals surface area contributed by atoms with Crippen LogP contribution < -0.4 is 5.32 Å². The van der Waals surface area contributed by atoms with Gasteiger partial charge in [0, 0.05) is 25.6 Å². The predicted molar refractivity (Wildman–Crippen MR) is 108 cm³/mol. The van der Waals surface area contributed by atoms with Gasteiger partial charge in [-0.3, -0.25) is 14.6 Å². The van der Waals surface area contributed by atoms with Crippen LogP contribution in [0.4, 0.5) is 13.2 Å². The molecule has 164 valence electrons. The van der Waals surface area contributed by atoms with Crippen LogP contribution in [0.25, 0.3) is 0 Å². The molecule has 1 N–H and O–H groups in total. The Morgan fingerprint density at radius 2 is 1.80 bits per heavy atom. The Bertz CT molecular complexity index is 731. The highest BCUT2D eigenvalue weighted by molar-refractivity contribution is 5.78. The van der Waals surface area contributed by atoms with E-state index in [2.05, 4.69) is 21.0 Å². The summed E-state index contributed by atoms with van der Waals surface area (Å²) in [5, 5.41) is 3.04. The number of carbonyl (C=O) groups excluding carboxylic acids is 1. The number of hydrogen-bond donors (Lipinski definition) is 1. The Kier molecular flexibility index (Phi) is 7.75. The number of alkyl halides is 3. The Balaban J connectivity index is 1.63. The van der Waals surface area contributed by atoms with Gasteiger partial charge in [0.2, 0.25) is 5.91 Å². The smallest absolute Gasteiger partial charge is 0.379 e. The predicted octanol–water partition coefficient (Wildman–Crippen LogP) is 2.54. The van der Waals surface area contributed by atoms with Crippen LogP contribution in [0.15, 0.2) is 24.3 Å². The summed E-state index contributed by atoms with van der Waals surface area (Å²) in [6.45, 7) is 5.04. The second-order valence-electron chi connectivity index (χ2n) is 7.78. The van der Waals surface area contributed by atoms with Gasteiger partial charge in [-0.1, -0.05) is 18.1 Å². The van der Waals surface area contributed by atoms with Crippen molar-refractivity contribution in [2.75, 3.05) is 52.5 Å². The van der Waals surface area contributed by atoms with Gasteiger partial charge < -0.3 is 10.1 Å². The number of piperidine rings is 1. The summed E-state index contributed by atoms with van der Waals surface area (Å²) in [4.78, 5) is 17.0. The quantitative estimate of drug-likeness (QED) is 0.715. The number of ether oxygens (including phenoxy) is 1. The third-order valence-electron chi connectivity index (χ3n) is 5.85. The fourth-order valence-corrected chi connectivity index (χ4v) is 4.07. The van der Waals surface area contributed by atoms with Crippen molar-refractivity contribution >= 4 is 5.91 Å². The minimum absolute atomic E-state index is 0.000490. The summed E-state index contributed by atoms with van der Waals surface area (Å²) in [7, 11) is 0. The summed E-state index contributed by atoms with van der Waals surface area (Å²) in [6.07, 6.45) is 2.50. The van der Waals surface area contributed by atoms with E-state index in [0.29, 0.717) is 39.4 Å². The van der Waals surface area contributed by atoms with Crippen molar-refractivity contribution in [3.8, 4) is 12.3 Å². The van der Waals surface area contributed by atoms with Crippen molar-refractivity contribution in [1.29, 1.82) is 0 Å². The molecule has 0 saturated carbocycles. The van der Waals surface area contributed by atoms with E-state index in [0.717, 1.165) is 43.6 Å². The van der Waals surface area contributed by atoms with Crippen molar-refractivity contribution in [2.24, 2.45) is 5.92 Å². The molecule has 1 atom stereocenters. The van der Waals surface area contributed by atoms with E-state index in [9.17, 15) is 18.0 Å². The van der Waals surface area contributed by atoms with Gasteiger partial charge in [-0.15, -0.1) is 6.42 Å². The molecule has 2 aliphatic heterocycles. The van der Waals surface area contributed by atoms with Crippen LogP contribution in [-0.2, 0) is 15.7 Å². The standard InChI is InChI=1S/C22H28F3N3O2/c1-2-9-27-10-7-18(8-11-27)21(29)26-16-20(28-12-14-30-15-13-28)17-3-5-19(6-4-17)22(23,24)25/h1,3-6,18,20H,7-16H2,(H,26,29). The van der Waals surface area contributed by atoms with Crippen molar-refractivity contribution < 1.29 is 22.7 Å². The Hall–Kier alpha value is -2.08. The molecule has 2 heterocycles. The van der Waals surface area contributed by atoms with E-state index in [1.165, 1.54) is 12.1 Å². The van der Waals surface area contributed by atoms with E-state index < -0.39 is 11.7 Å². The first-order chi connectivity index (χ1) is 14.4. The van der Waals surface area contributed by atoms with E-state index in [1.54, 1.807) is 0 Å². The zero-order chi connectivity index (χ0) is 21.6. The maximum Gasteiger partial charge on any atom is 0.416 e. The minimum atomic E-state index is -4.37. The third kappa shape index (κ3) is 5.97. The van der Waals surface area contributed by atoms with Crippen LogP contribution in [0.5, 0.6) is 0 Å². The van der Waals surface area contributed by atoms with Crippen LogP contribution in [0.1, 0.15) is 30.0 Å². The van der Waals surface area contributed by atoms with Gasteiger partial charge in [0.15, 0.2) is 0 Å². The highest BCUT2D eigenvalue weighted by atomic mass is 19.4. The van der Waals surface area contributed by atoms with E-state index in [1.807, 2.05) is 0 Å². The fraction of sp³-hybridized carbons (Fsp3) is 0.591. The maximum atomic E-state index is 12.9. The summed E-state index contributed by atoms with van der Waals surface area (Å²) in [5.41, 5.74) is 0.0868.